The third kappa shape index (κ3) is 4.39. The van der Waals surface area contributed by atoms with Crippen molar-refractivity contribution in [1.82, 2.24) is 19.5 Å². The predicted molar refractivity (Wildman–Crippen MR) is 131 cm³/mol. The Labute approximate surface area is 206 Å². The number of methoxy groups -OCH3 is 1. The normalized spacial score (nSPS) is 18.1. The van der Waals surface area contributed by atoms with Crippen molar-refractivity contribution in [2.45, 2.75) is 31.8 Å². The Bertz CT molecular complexity index is 1490. The number of nitrogens with zero attached hydrogens (tertiary/aromatic N) is 4. The van der Waals surface area contributed by atoms with Gasteiger partial charge in [-0.15, -0.1) is 0 Å². The Morgan fingerprint density at radius 1 is 1.20 bits per heavy atom. The average molecular weight is 495 g/mol. The fourth-order valence-corrected chi connectivity index (χ4v) is 4.69. The lowest BCUT2D eigenvalue weighted by Gasteiger charge is -2.30. The van der Waals surface area contributed by atoms with E-state index in [9.17, 15) is 4.79 Å². The van der Waals surface area contributed by atoms with Crippen molar-refractivity contribution in [2.75, 3.05) is 13.7 Å². The number of fused-ring (bicyclic) bond motifs is 1. The second-order valence-electron chi connectivity index (χ2n) is 8.65. The van der Waals surface area contributed by atoms with E-state index in [0.717, 1.165) is 17.7 Å². The zero-order valence-electron chi connectivity index (χ0n) is 19.6. The molecule has 9 heteroatoms. The molecule has 4 aromatic rings. The summed E-state index contributed by atoms with van der Waals surface area (Å²) >= 11 is 5.98. The van der Waals surface area contributed by atoms with Crippen LogP contribution in [0.5, 0.6) is 5.88 Å². The number of hydrogen-bond acceptors (Lipinski definition) is 6. The Morgan fingerprint density at radius 2 is 2.03 bits per heavy atom. The summed E-state index contributed by atoms with van der Waals surface area (Å²) < 4.78 is 27.8. The number of aromatic nitrogens is 4. The molecule has 0 aliphatic carbocycles. The molecule has 2 atom stereocenters. The molecule has 7 nitrogen and oxygen atoms in total. The van der Waals surface area contributed by atoms with E-state index in [-0.39, 0.29) is 39.2 Å². The standard InChI is InChI=1S/C26H24ClFN4O3/c1-14-30-21-13-20(15-7-9-35-22(10-15)16-6-8-29-23(11-16)34-3)31-25(24(21)26(33)32(14)2)18-5-4-17(27)12-19(18)28/h4-6,8,11-13,15,22H,7,9-10H2,1-3H3/t15-,22+/m1/s1. The fraction of sp³-hybridized carbons (Fsp3) is 0.308. The van der Waals surface area contributed by atoms with Crippen LogP contribution in [0.1, 0.15) is 41.9 Å². The molecular weight excluding hydrogens is 471 g/mol. The second kappa shape index (κ2) is 9.36. The summed E-state index contributed by atoms with van der Waals surface area (Å²) in [4.78, 5) is 26.9. The van der Waals surface area contributed by atoms with Crippen LogP contribution in [0.3, 0.4) is 0 Å². The van der Waals surface area contributed by atoms with Gasteiger partial charge >= 0.3 is 0 Å². The molecule has 1 aliphatic heterocycles. The predicted octanol–water partition coefficient (Wildman–Crippen LogP) is 5.14. The van der Waals surface area contributed by atoms with Crippen LogP contribution in [-0.4, -0.2) is 33.2 Å². The van der Waals surface area contributed by atoms with Gasteiger partial charge in [0.2, 0.25) is 5.88 Å². The summed E-state index contributed by atoms with van der Waals surface area (Å²) in [5.41, 5.74) is 2.42. The molecule has 0 unspecified atom stereocenters. The molecule has 35 heavy (non-hydrogen) atoms. The van der Waals surface area contributed by atoms with Crippen LogP contribution < -0.4 is 10.3 Å². The highest BCUT2D eigenvalue weighted by atomic mass is 35.5. The van der Waals surface area contributed by atoms with Gasteiger partial charge in [-0.25, -0.2) is 14.4 Å². The molecule has 1 aliphatic rings. The minimum absolute atomic E-state index is 0.0255. The van der Waals surface area contributed by atoms with Crippen LogP contribution in [0.15, 0.2) is 47.4 Å². The van der Waals surface area contributed by atoms with E-state index in [1.165, 1.54) is 10.6 Å². The van der Waals surface area contributed by atoms with Crippen LogP contribution >= 0.6 is 11.6 Å². The van der Waals surface area contributed by atoms with Crippen LogP contribution in [0.2, 0.25) is 5.02 Å². The molecule has 4 heterocycles. The van der Waals surface area contributed by atoms with Crippen molar-refractivity contribution in [3.8, 4) is 17.1 Å². The van der Waals surface area contributed by atoms with E-state index in [0.29, 0.717) is 30.2 Å². The van der Waals surface area contributed by atoms with Crippen molar-refractivity contribution in [3.63, 3.8) is 0 Å². The SMILES string of the molecule is COc1cc([C@@H]2C[C@H](c3cc4nc(C)n(C)c(=O)c4c(-c4ccc(Cl)cc4F)n3)CCO2)ccn1. The van der Waals surface area contributed by atoms with Gasteiger partial charge < -0.3 is 9.47 Å². The van der Waals surface area contributed by atoms with E-state index in [1.807, 2.05) is 18.2 Å². The van der Waals surface area contributed by atoms with Gasteiger partial charge in [0.1, 0.15) is 11.6 Å². The van der Waals surface area contributed by atoms with Crippen LogP contribution in [0.4, 0.5) is 4.39 Å². The van der Waals surface area contributed by atoms with E-state index < -0.39 is 5.82 Å². The number of rotatable bonds is 4. The molecule has 0 saturated carbocycles. The number of aryl methyl sites for hydroxylation is 1. The Balaban J connectivity index is 1.64. The lowest BCUT2D eigenvalue weighted by Crippen LogP contribution is -2.23. The lowest BCUT2D eigenvalue weighted by atomic mass is 9.88. The molecule has 180 valence electrons. The van der Waals surface area contributed by atoms with Crippen molar-refractivity contribution in [1.29, 1.82) is 0 Å². The van der Waals surface area contributed by atoms with Gasteiger partial charge in [-0.1, -0.05) is 11.6 Å². The fourth-order valence-electron chi connectivity index (χ4n) is 4.53. The number of halogens is 2. The minimum Gasteiger partial charge on any atom is -0.481 e. The summed E-state index contributed by atoms with van der Waals surface area (Å²) in [7, 11) is 3.22. The third-order valence-electron chi connectivity index (χ3n) is 6.53. The summed E-state index contributed by atoms with van der Waals surface area (Å²) in [6.07, 6.45) is 2.93. The van der Waals surface area contributed by atoms with E-state index in [4.69, 9.17) is 26.1 Å². The van der Waals surface area contributed by atoms with E-state index in [1.54, 1.807) is 39.4 Å². The summed E-state index contributed by atoms with van der Waals surface area (Å²) in [5, 5.41) is 0.555. The molecule has 0 spiro atoms. The Hall–Kier alpha value is -3.36. The van der Waals surface area contributed by atoms with Gasteiger partial charge in [-0.2, -0.15) is 0 Å². The molecule has 0 amide bonds. The average Bonchev–Trinajstić information content (AvgIpc) is 2.87. The molecule has 5 rings (SSSR count). The van der Waals surface area contributed by atoms with Crippen LogP contribution in [0.25, 0.3) is 22.2 Å². The highest BCUT2D eigenvalue weighted by Crippen LogP contribution is 2.39. The molecule has 0 bridgehead atoms. The highest BCUT2D eigenvalue weighted by Gasteiger charge is 2.28. The zero-order valence-corrected chi connectivity index (χ0v) is 20.3. The van der Waals surface area contributed by atoms with Crippen molar-refractivity contribution >= 4 is 22.5 Å². The lowest BCUT2D eigenvalue weighted by molar-refractivity contribution is 0.00451. The first-order valence-corrected chi connectivity index (χ1v) is 11.7. The molecule has 0 N–H and O–H groups in total. The van der Waals surface area contributed by atoms with Crippen LogP contribution in [0, 0.1) is 12.7 Å². The van der Waals surface area contributed by atoms with Crippen molar-refractivity contribution in [3.05, 3.63) is 80.9 Å². The first-order valence-electron chi connectivity index (χ1n) is 11.3. The van der Waals surface area contributed by atoms with Crippen LogP contribution in [-0.2, 0) is 11.8 Å². The number of benzene rings is 1. The molecule has 3 aromatic heterocycles. The van der Waals surface area contributed by atoms with Gasteiger partial charge in [0.25, 0.3) is 5.56 Å². The monoisotopic (exact) mass is 494 g/mol. The topological polar surface area (TPSA) is 79.1 Å². The number of hydrogen-bond donors (Lipinski definition) is 0. The third-order valence-corrected chi connectivity index (χ3v) is 6.77. The second-order valence-corrected chi connectivity index (χ2v) is 9.09. The molecule has 0 radical (unpaired) electrons. The maximum Gasteiger partial charge on any atom is 0.263 e. The van der Waals surface area contributed by atoms with Gasteiger partial charge in [0.15, 0.2) is 0 Å². The first kappa shape index (κ1) is 23.4. The Morgan fingerprint density at radius 3 is 2.80 bits per heavy atom. The minimum atomic E-state index is -0.542. The van der Waals surface area contributed by atoms with Crippen molar-refractivity contribution in [2.24, 2.45) is 7.05 Å². The maximum absolute atomic E-state index is 15.0. The molecule has 1 saturated heterocycles. The largest absolute Gasteiger partial charge is 0.481 e. The highest BCUT2D eigenvalue weighted by molar-refractivity contribution is 6.30. The summed E-state index contributed by atoms with van der Waals surface area (Å²) in [5.74, 6) is 0.571. The molecular formula is C26H24ClFN4O3. The van der Waals surface area contributed by atoms with E-state index >= 15 is 4.39 Å². The van der Waals surface area contributed by atoms with Gasteiger partial charge in [-0.3, -0.25) is 14.3 Å². The van der Waals surface area contributed by atoms with Gasteiger partial charge in [0, 0.05) is 48.1 Å². The smallest absolute Gasteiger partial charge is 0.263 e. The quantitative estimate of drug-likeness (QED) is 0.391. The van der Waals surface area contributed by atoms with E-state index in [2.05, 4.69) is 9.97 Å². The Kier molecular flexibility index (Phi) is 6.25. The number of pyridine rings is 2. The maximum atomic E-state index is 15.0. The molecule has 1 aromatic carbocycles. The zero-order chi connectivity index (χ0) is 24.7. The molecule has 1 fully saturated rings. The first-order chi connectivity index (χ1) is 16.9. The summed E-state index contributed by atoms with van der Waals surface area (Å²) in [6, 6.07) is 9.99. The summed E-state index contributed by atoms with van der Waals surface area (Å²) in [6.45, 7) is 2.30. The van der Waals surface area contributed by atoms with Gasteiger partial charge in [-0.05, 0) is 55.7 Å². The van der Waals surface area contributed by atoms with Gasteiger partial charge in [0.05, 0.1) is 29.8 Å². The number of ether oxygens (including phenoxy) is 2. The van der Waals surface area contributed by atoms with Crippen molar-refractivity contribution < 1.29 is 13.9 Å².